The molecule has 0 saturated heterocycles. The van der Waals surface area contributed by atoms with E-state index in [4.69, 9.17) is 6.57 Å². The van der Waals surface area contributed by atoms with E-state index in [1.54, 1.807) is 19.9 Å². The van der Waals surface area contributed by atoms with E-state index in [-0.39, 0.29) is 0 Å². The molecule has 0 radical (unpaired) electrons. The monoisotopic (exact) mass is 224 g/mol. The first-order valence-electron chi connectivity index (χ1n) is 4.32. The number of hydrogen-bond acceptors (Lipinski definition) is 3. The van der Waals surface area contributed by atoms with Gasteiger partial charge in [0.25, 0.3) is 0 Å². The SMILES string of the molecule is [C-]#[N+]c1ccnc(C(C)(C)S(C)(=O)=O)c1. The molecule has 0 aliphatic heterocycles. The molecule has 0 bridgehead atoms. The van der Waals surface area contributed by atoms with E-state index in [0.29, 0.717) is 11.4 Å². The fourth-order valence-corrected chi connectivity index (χ4v) is 1.50. The van der Waals surface area contributed by atoms with Crippen LogP contribution < -0.4 is 0 Å². The fourth-order valence-electron chi connectivity index (χ4n) is 1.01. The zero-order valence-corrected chi connectivity index (χ0v) is 9.67. The number of sulfone groups is 1. The molecular formula is C10H12N2O2S. The lowest BCUT2D eigenvalue weighted by Gasteiger charge is -2.21. The van der Waals surface area contributed by atoms with Gasteiger partial charge >= 0.3 is 0 Å². The van der Waals surface area contributed by atoms with Crippen LogP contribution >= 0.6 is 0 Å². The molecule has 1 aromatic rings. The highest BCUT2D eigenvalue weighted by Crippen LogP contribution is 2.29. The lowest BCUT2D eigenvalue weighted by atomic mass is 10.1. The summed E-state index contributed by atoms with van der Waals surface area (Å²) >= 11 is 0. The van der Waals surface area contributed by atoms with Crippen LogP contribution in [0.1, 0.15) is 19.5 Å². The quantitative estimate of drug-likeness (QED) is 0.721. The molecule has 0 aliphatic rings. The largest absolute Gasteiger partial charge is 0.262 e. The molecule has 0 amide bonds. The molecule has 0 unspecified atom stereocenters. The van der Waals surface area contributed by atoms with Gasteiger partial charge in [-0.05, 0) is 26.0 Å². The normalized spacial score (nSPS) is 12.1. The van der Waals surface area contributed by atoms with Crippen LogP contribution in [0.15, 0.2) is 18.3 Å². The van der Waals surface area contributed by atoms with Crippen molar-refractivity contribution in [2.75, 3.05) is 6.26 Å². The first-order valence-corrected chi connectivity index (χ1v) is 6.22. The molecule has 0 aromatic carbocycles. The highest BCUT2D eigenvalue weighted by molar-refractivity contribution is 7.91. The lowest BCUT2D eigenvalue weighted by Crippen LogP contribution is -2.28. The Morgan fingerprint density at radius 1 is 1.47 bits per heavy atom. The predicted molar refractivity (Wildman–Crippen MR) is 58.4 cm³/mol. The predicted octanol–water partition coefficient (Wildman–Crippen LogP) is 1.91. The zero-order valence-electron chi connectivity index (χ0n) is 8.85. The number of hydrogen-bond donors (Lipinski definition) is 0. The molecule has 80 valence electrons. The van der Waals surface area contributed by atoms with Crippen molar-refractivity contribution in [3.63, 3.8) is 0 Å². The van der Waals surface area contributed by atoms with Gasteiger partial charge in [0.1, 0.15) is 4.75 Å². The van der Waals surface area contributed by atoms with Gasteiger partial charge in [-0.15, -0.1) is 0 Å². The average Bonchev–Trinajstić information content (AvgIpc) is 2.16. The number of rotatable bonds is 2. The van der Waals surface area contributed by atoms with Gasteiger partial charge in [-0.1, -0.05) is 0 Å². The third-order valence-corrected chi connectivity index (χ3v) is 4.48. The van der Waals surface area contributed by atoms with Crippen molar-refractivity contribution in [2.45, 2.75) is 18.6 Å². The lowest BCUT2D eigenvalue weighted by molar-refractivity contribution is 0.556. The standard InChI is InChI=1S/C10H12N2O2S/c1-10(2,15(4,13)14)9-7-8(11-3)5-6-12-9/h5-7H,1-2,4H3. The van der Waals surface area contributed by atoms with Crippen molar-refractivity contribution >= 4 is 15.5 Å². The molecule has 5 heteroatoms. The molecule has 0 fully saturated rings. The van der Waals surface area contributed by atoms with Crippen molar-refractivity contribution in [2.24, 2.45) is 0 Å². The second kappa shape index (κ2) is 3.63. The summed E-state index contributed by atoms with van der Waals surface area (Å²) in [5.74, 6) is 0. The van der Waals surface area contributed by atoms with Gasteiger partial charge in [0, 0.05) is 12.5 Å². The van der Waals surface area contributed by atoms with Crippen molar-refractivity contribution in [1.82, 2.24) is 4.98 Å². The molecular weight excluding hydrogens is 212 g/mol. The van der Waals surface area contributed by atoms with Crippen LogP contribution in [-0.2, 0) is 14.6 Å². The Morgan fingerprint density at radius 2 is 2.07 bits per heavy atom. The molecule has 1 aromatic heterocycles. The van der Waals surface area contributed by atoms with E-state index in [1.165, 1.54) is 18.5 Å². The van der Waals surface area contributed by atoms with Crippen molar-refractivity contribution in [3.05, 3.63) is 35.4 Å². The molecule has 0 aliphatic carbocycles. The summed E-state index contributed by atoms with van der Waals surface area (Å²) in [5.41, 5.74) is 0.801. The van der Waals surface area contributed by atoms with Crippen LogP contribution in [-0.4, -0.2) is 19.7 Å². The van der Waals surface area contributed by atoms with Gasteiger partial charge in [0.2, 0.25) is 0 Å². The number of pyridine rings is 1. The highest BCUT2D eigenvalue weighted by Gasteiger charge is 2.33. The van der Waals surface area contributed by atoms with Gasteiger partial charge in [0.05, 0.1) is 12.3 Å². The minimum atomic E-state index is -3.25. The van der Waals surface area contributed by atoms with E-state index in [0.717, 1.165) is 0 Å². The van der Waals surface area contributed by atoms with E-state index in [1.807, 2.05) is 0 Å². The fraction of sp³-hybridized carbons (Fsp3) is 0.400. The molecule has 4 nitrogen and oxygen atoms in total. The number of nitrogens with zero attached hydrogens (tertiary/aromatic N) is 2. The van der Waals surface area contributed by atoms with Crippen molar-refractivity contribution < 1.29 is 8.42 Å². The third-order valence-electron chi connectivity index (χ3n) is 2.42. The summed E-state index contributed by atoms with van der Waals surface area (Å²) in [7, 11) is -3.25. The third kappa shape index (κ3) is 2.16. The summed E-state index contributed by atoms with van der Waals surface area (Å²) in [6, 6.07) is 3.06. The molecule has 0 spiro atoms. The Kier molecular flexibility index (Phi) is 2.82. The van der Waals surface area contributed by atoms with Gasteiger partial charge in [-0.2, -0.15) is 0 Å². The van der Waals surface area contributed by atoms with E-state index >= 15 is 0 Å². The van der Waals surface area contributed by atoms with E-state index in [9.17, 15) is 8.42 Å². The van der Waals surface area contributed by atoms with Crippen LogP contribution in [0.5, 0.6) is 0 Å². The minimum Gasteiger partial charge on any atom is -0.262 e. The Bertz CT molecular complexity index is 512. The average molecular weight is 224 g/mol. The maximum atomic E-state index is 11.5. The van der Waals surface area contributed by atoms with Gasteiger partial charge in [-0.25, -0.2) is 13.3 Å². The second-order valence-electron chi connectivity index (χ2n) is 3.79. The Balaban J connectivity index is 3.35. The zero-order chi connectivity index (χ0) is 11.7. The summed E-state index contributed by atoms with van der Waals surface area (Å²) in [6.45, 7) is 10.0. The number of aromatic nitrogens is 1. The maximum absolute atomic E-state index is 11.5. The van der Waals surface area contributed by atoms with Crippen LogP contribution in [0.25, 0.3) is 4.85 Å². The van der Waals surface area contributed by atoms with Crippen molar-refractivity contribution in [3.8, 4) is 0 Å². The smallest absolute Gasteiger partial charge is 0.190 e. The van der Waals surface area contributed by atoms with Gasteiger partial charge in [0.15, 0.2) is 15.5 Å². The highest BCUT2D eigenvalue weighted by atomic mass is 32.2. The van der Waals surface area contributed by atoms with E-state index < -0.39 is 14.6 Å². The topological polar surface area (TPSA) is 51.4 Å². The van der Waals surface area contributed by atoms with Gasteiger partial charge in [-0.3, -0.25) is 4.98 Å². The molecule has 1 rings (SSSR count). The molecule has 15 heavy (non-hydrogen) atoms. The van der Waals surface area contributed by atoms with Crippen molar-refractivity contribution in [1.29, 1.82) is 0 Å². The van der Waals surface area contributed by atoms with E-state index in [2.05, 4.69) is 9.83 Å². The maximum Gasteiger partial charge on any atom is 0.190 e. The first kappa shape index (κ1) is 11.7. The first-order chi connectivity index (χ1) is 6.79. The summed E-state index contributed by atoms with van der Waals surface area (Å²) in [6.07, 6.45) is 2.62. The minimum absolute atomic E-state index is 0.400. The molecule has 0 N–H and O–H groups in total. The van der Waals surface area contributed by atoms with Crippen LogP contribution in [0, 0.1) is 6.57 Å². The molecule has 1 heterocycles. The Morgan fingerprint density at radius 3 is 2.53 bits per heavy atom. The summed E-state index contributed by atoms with van der Waals surface area (Å²) < 4.78 is 22.0. The van der Waals surface area contributed by atoms with Crippen LogP contribution in [0.2, 0.25) is 0 Å². The Labute approximate surface area is 89.7 Å². The van der Waals surface area contributed by atoms with Gasteiger partial charge < -0.3 is 0 Å². The Hall–Kier alpha value is -1.41. The molecule has 0 atom stereocenters. The summed E-state index contributed by atoms with van der Waals surface area (Å²) in [4.78, 5) is 7.24. The van der Waals surface area contributed by atoms with Crippen LogP contribution in [0.3, 0.4) is 0 Å². The summed E-state index contributed by atoms with van der Waals surface area (Å²) in [5, 5.41) is 0. The molecule has 0 saturated carbocycles. The van der Waals surface area contributed by atoms with Crippen LogP contribution in [0.4, 0.5) is 5.69 Å². The second-order valence-corrected chi connectivity index (χ2v) is 6.36.